The fourth-order valence-electron chi connectivity index (χ4n) is 3.16. The van der Waals surface area contributed by atoms with E-state index in [1.54, 1.807) is 24.3 Å². The van der Waals surface area contributed by atoms with E-state index in [4.69, 9.17) is 11.5 Å². The van der Waals surface area contributed by atoms with Gasteiger partial charge < -0.3 is 32.5 Å². The van der Waals surface area contributed by atoms with Crippen LogP contribution in [0.3, 0.4) is 0 Å². The van der Waals surface area contributed by atoms with Crippen LogP contribution in [0.5, 0.6) is 0 Å². The Morgan fingerprint density at radius 2 is 1.47 bits per heavy atom. The van der Waals surface area contributed by atoms with E-state index in [9.17, 15) is 24.3 Å². The molecule has 0 aliphatic rings. The number of carbonyl (C=O) groups excluding carboxylic acids is 3. The summed E-state index contributed by atoms with van der Waals surface area (Å²) in [7, 11) is 0. The van der Waals surface area contributed by atoms with E-state index in [0.29, 0.717) is 31.6 Å². The number of hydrogen-bond acceptors (Lipinski definition) is 7. The average molecular weight is 496 g/mol. The summed E-state index contributed by atoms with van der Waals surface area (Å²) in [5.74, 6) is -2.16. The summed E-state index contributed by atoms with van der Waals surface area (Å²) < 4.78 is 0. The first-order valence-electron chi connectivity index (χ1n) is 11.3. The number of rotatable bonds is 16. The number of benzene rings is 1. The van der Waals surface area contributed by atoms with Crippen molar-refractivity contribution >= 4 is 35.5 Å². The minimum absolute atomic E-state index is 0.103. The molecule has 0 aromatic heterocycles. The van der Waals surface area contributed by atoms with Crippen molar-refractivity contribution in [1.29, 1.82) is 0 Å². The Kier molecular flexibility index (Phi) is 13.9. The van der Waals surface area contributed by atoms with Gasteiger partial charge >= 0.3 is 5.97 Å². The van der Waals surface area contributed by atoms with Crippen molar-refractivity contribution in [2.45, 2.75) is 63.2 Å². The van der Waals surface area contributed by atoms with Crippen molar-refractivity contribution < 1.29 is 24.3 Å². The maximum atomic E-state index is 13.0. The largest absolute Gasteiger partial charge is 0.480 e. The number of hydrogen-bond donors (Lipinski definition) is 6. The fraction of sp³-hybridized carbons (Fsp3) is 0.565. The lowest BCUT2D eigenvalue weighted by Crippen LogP contribution is -2.57. The van der Waals surface area contributed by atoms with Gasteiger partial charge in [0.1, 0.15) is 18.1 Å². The molecule has 190 valence electrons. The van der Waals surface area contributed by atoms with E-state index in [1.165, 1.54) is 18.7 Å². The van der Waals surface area contributed by atoms with Gasteiger partial charge in [0.15, 0.2) is 0 Å². The van der Waals surface area contributed by atoms with Crippen LogP contribution in [-0.2, 0) is 25.6 Å². The van der Waals surface area contributed by atoms with Crippen LogP contribution < -0.4 is 27.4 Å². The molecule has 11 heteroatoms. The molecule has 0 bridgehead atoms. The summed E-state index contributed by atoms with van der Waals surface area (Å²) in [4.78, 5) is 49.8. The molecule has 0 saturated carbocycles. The molecule has 0 fully saturated rings. The highest BCUT2D eigenvalue weighted by Crippen LogP contribution is 2.08. The summed E-state index contributed by atoms with van der Waals surface area (Å²) in [5.41, 5.74) is 11.9. The molecule has 1 rings (SSSR count). The van der Waals surface area contributed by atoms with Crippen LogP contribution in [0.4, 0.5) is 0 Å². The molecule has 4 atom stereocenters. The van der Waals surface area contributed by atoms with Gasteiger partial charge in [0.2, 0.25) is 17.7 Å². The first kappa shape index (κ1) is 29.4. The monoisotopic (exact) mass is 495 g/mol. The smallest absolute Gasteiger partial charge is 0.326 e. The standard InChI is InChI=1S/C23H37N5O5S/c1-15(25)20(29)26-18(11-13-34-2)22(31)27-17(10-6-7-12-24)21(30)28-19(23(32)33)14-16-8-4-3-5-9-16/h3-5,8-9,15,17-19H,6-7,10-14,24-25H2,1-2H3,(H,26,29)(H,27,31)(H,28,30)(H,32,33). The molecule has 0 radical (unpaired) electrons. The number of nitrogens with two attached hydrogens (primary N) is 2. The zero-order valence-corrected chi connectivity index (χ0v) is 20.6. The highest BCUT2D eigenvalue weighted by Gasteiger charge is 2.29. The zero-order chi connectivity index (χ0) is 25.5. The number of amides is 3. The Bertz CT molecular complexity index is 793. The lowest BCUT2D eigenvalue weighted by Gasteiger charge is -2.25. The molecule has 3 amide bonds. The molecule has 34 heavy (non-hydrogen) atoms. The maximum absolute atomic E-state index is 13.0. The molecular weight excluding hydrogens is 458 g/mol. The Hall–Kier alpha value is -2.63. The van der Waals surface area contributed by atoms with E-state index in [2.05, 4.69) is 16.0 Å². The van der Waals surface area contributed by atoms with E-state index in [0.717, 1.165) is 5.56 Å². The topological polar surface area (TPSA) is 177 Å². The van der Waals surface area contributed by atoms with Gasteiger partial charge in [-0.15, -0.1) is 0 Å². The quantitative estimate of drug-likeness (QED) is 0.174. The molecule has 1 aromatic rings. The van der Waals surface area contributed by atoms with Gasteiger partial charge in [-0.25, -0.2) is 4.79 Å². The summed E-state index contributed by atoms with van der Waals surface area (Å²) in [6, 6.07) is 5.17. The lowest BCUT2D eigenvalue weighted by atomic mass is 10.0. The summed E-state index contributed by atoms with van der Waals surface area (Å²) in [6.07, 6.45) is 3.82. The third-order valence-corrected chi connectivity index (χ3v) is 5.78. The Balaban J connectivity index is 2.96. The van der Waals surface area contributed by atoms with Crippen LogP contribution in [0, 0.1) is 0 Å². The van der Waals surface area contributed by atoms with Gasteiger partial charge in [-0.05, 0) is 56.7 Å². The third kappa shape index (κ3) is 11.0. The second-order valence-electron chi connectivity index (χ2n) is 8.07. The van der Waals surface area contributed by atoms with E-state index < -0.39 is 47.9 Å². The van der Waals surface area contributed by atoms with Crippen molar-refractivity contribution in [3.05, 3.63) is 35.9 Å². The number of aliphatic carboxylic acids is 1. The third-order valence-electron chi connectivity index (χ3n) is 5.13. The average Bonchev–Trinajstić information content (AvgIpc) is 2.80. The van der Waals surface area contributed by atoms with Gasteiger partial charge in [-0.1, -0.05) is 30.3 Å². The van der Waals surface area contributed by atoms with E-state index >= 15 is 0 Å². The van der Waals surface area contributed by atoms with Crippen molar-refractivity contribution in [1.82, 2.24) is 16.0 Å². The lowest BCUT2D eigenvalue weighted by molar-refractivity contribution is -0.142. The predicted molar refractivity (Wildman–Crippen MR) is 133 cm³/mol. The van der Waals surface area contributed by atoms with Crippen molar-refractivity contribution in [2.75, 3.05) is 18.6 Å². The van der Waals surface area contributed by atoms with Crippen LogP contribution in [-0.4, -0.2) is 71.5 Å². The normalized spacial score (nSPS) is 14.4. The predicted octanol–water partition coefficient (Wildman–Crippen LogP) is -0.00260. The second-order valence-corrected chi connectivity index (χ2v) is 9.05. The number of unbranched alkanes of at least 4 members (excludes halogenated alkanes) is 1. The molecule has 0 heterocycles. The van der Waals surface area contributed by atoms with E-state index in [-0.39, 0.29) is 12.8 Å². The summed E-state index contributed by atoms with van der Waals surface area (Å²) in [5, 5.41) is 17.5. The number of nitrogens with one attached hydrogen (secondary N) is 3. The van der Waals surface area contributed by atoms with Gasteiger partial charge in [0.25, 0.3) is 0 Å². The number of thioether (sulfide) groups is 1. The van der Waals surface area contributed by atoms with Crippen LogP contribution in [0.15, 0.2) is 30.3 Å². The second kappa shape index (κ2) is 16.1. The van der Waals surface area contributed by atoms with Crippen LogP contribution in [0.1, 0.15) is 38.2 Å². The summed E-state index contributed by atoms with van der Waals surface area (Å²) in [6.45, 7) is 1.94. The highest BCUT2D eigenvalue weighted by atomic mass is 32.2. The zero-order valence-electron chi connectivity index (χ0n) is 19.8. The number of carboxylic acid groups (broad SMARTS) is 1. The molecule has 10 nitrogen and oxygen atoms in total. The van der Waals surface area contributed by atoms with Gasteiger partial charge in [-0.2, -0.15) is 11.8 Å². The Morgan fingerprint density at radius 1 is 0.912 bits per heavy atom. The van der Waals surface area contributed by atoms with Crippen molar-refractivity contribution in [2.24, 2.45) is 11.5 Å². The SMILES string of the molecule is CSCCC(NC(=O)C(C)N)C(=O)NC(CCCCN)C(=O)NC(Cc1ccccc1)C(=O)O. The molecule has 8 N–H and O–H groups in total. The van der Waals surface area contributed by atoms with Crippen molar-refractivity contribution in [3.8, 4) is 0 Å². The van der Waals surface area contributed by atoms with Crippen LogP contribution in [0.25, 0.3) is 0 Å². The van der Waals surface area contributed by atoms with Gasteiger partial charge in [-0.3, -0.25) is 14.4 Å². The molecule has 4 unspecified atom stereocenters. The number of carbonyl (C=O) groups is 4. The van der Waals surface area contributed by atoms with Crippen LogP contribution in [0.2, 0.25) is 0 Å². The minimum Gasteiger partial charge on any atom is -0.480 e. The Labute approximate surface area is 205 Å². The molecule has 0 spiro atoms. The number of carboxylic acids is 1. The van der Waals surface area contributed by atoms with Gasteiger partial charge in [0, 0.05) is 6.42 Å². The first-order chi connectivity index (χ1) is 16.2. The van der Waals surface area contributed by atoms with Crippen molar-refractivity contribution in [3.63, 3.8) is 0 Å². The minimum atomic E-state index is -1.17. The highest BCUT2D eigenvalue weighted by molar-refractivity contribution is 7.98. The molecule has 0 aliphatic heterocycles. The molecule has 1 aromatic carbocycles. The molecule has 0 saturated heterocycles. The first-order valence-corrected chi connectivity index (χ1v) is 12.7. The molecular formula is C23H37N5O5S. The Morgan fingerprint density at radius 3 is 2.00 bits per heavy atom. The van der Waals surface area contributed by atoms with Gasteiger partial charge in [0.05, 0.1) is 6.04 Å². The fourth-order valence-corrected chi connectivity index (χ4v) is 3.64. The van der Waals surface area contributed by atoms with E-state index in [1.807, 2.05) is 12.3 Å². The van der Waals surface area contributed by atoms with Crippen LogP contribution >= 0.6 is 11.8 Å². The molecule has 0 aliphatic carbocycles. The summed E-state index contributed by atoms with van der Waals surface area (Å²) >= 11 is 1.52. The maximum Gasteiger partial charge on any atom is 0.326 e.